The molecule has 0 aliphatic carbocycles. The van der Waals surface area contributed by atoms with E-state index in [0.29, 0.717) is 12.0 Å². The van der Waals surface area contributed by atoms with E-state index in [0.717, 1.165) is 5.56 Å². The fraction of sp³-hybridized carbons (Fsp3) is 0.545. The van der Waals surface area contributed by atoms with Crippen LogP contribution in [0, 0.1) is 10.8 Å². The van der Waals surface area contributed by atoms with E-state index in [1.54, 1.807) is 73.7 Å². The van der Waals surface area contributed by atoms with E-state index in [4.69, 9.17) is 14.0 Å². The van der Waals surface area contributed by atoms with Gasteiger partial charge in [-0.3, -0.25) is 14.1 Å². The molecule has 0 aliphatic rings. The number of para-hydroxylation sites is 1. The highest BCUT2D eigenvalue weighted by Gasteiger charge is 2.50. The Labute approximate surface area is 257 Å². The second-order valence-corrected chi connectivity index (χ2v) is 14.8. The Morgan fingerprint density at radius 3 is 1.77 bits per heavy atom. The highest BCUT2D eigenvalue weighted by molar-refractivity contribution is 7.86. The van der Waals surface area contributed by atoms with Crippen molar-refractivity contribution in [3.05, 3.63) is 60.2 Å². The summed E-state index contributed by atoms with van der Waals surface area (Å²) in [5, 5.41) is 2.66. The highest BCUT2D eigenvalue weighted by Crippen LogP contribution is 2.42. The van der Waals surface area contributed by atoms with Gasteiger partial charge < -0.3 is 19.6 Å². The molecule has 0 saturated heterocycles. The first kappa shape index (κ1) is 38.1. The summed E-state index contributed by atoms with van der Waals surface area (Å²) in [4.78, 5) is 37.9. The molecular formula is C33H49NO8S. The first-order valence-electron chi connectivity index (χ1n) is 14.2. The number of ether oxygens (including phenoxy) is 2. The molecular weight excluding hydrogens is 570 g/mol. The molecule has 0 saturated carbocycles. The van der Waals surface area contributed by atoms with Crippen LogP contribution in [-0.4, -0.2) is 55.2 Å². The molecule has 0 fully saturated rings. The Balaban J connectivity index is 0.000000639. The minimum absolute atomic E-state index is 0.0512. The van der Waals surface area contributed by atoms with Gasteiger partial charge in [0.1, 0.15) is 23.4 Å². The first-order valence-corrected chi connectivity index (χ1v) is 15.6. The van der Waals surface area contributed by atoms with Gasteiger partial charge >= 0.3 is 0 Å². The zero-order valence-electron chi connectivity index (χ0n) is 27.3. The summed E-state index contributed by atoms with van der Waals surface area (Å²) >= 11 is 0. The SMILES string of the molecule is CC(C)(C)OC(C(=O)C(C)(C)C(C)(C)OC(CC=O)C(=O)C(C)(C)C)c1ccccc1.CNc1ccccc1S(=O)(=O)O. The monoisotopic (exact) mass is 619 g/mol. The largest absolute Gasteiger partial charge is 0.387 e. The summed E-state index contributed by atoms with van der Waals surface area (Å²) in [5.41, 5.74) is -2.11. The smallest absolute Gasteiger partial charge is 0.296 e. The van der Waals surface area contributed by atoms with Crippen LogP contribution in [0.1, 0.15) is 87.3 Å². The van der Waals surface area contributed by atoms with Crippen LogP contribution in [0.4, 0.5) is 5.69 Å². The molecule has 0 aromatic heterocycles. The Kier molecular flexibility index (Phi) is 13.0. The maximum Gasteiger partial charge on any atom is 0.296 e. The first-order chi connectivity index (χ1) is 19.5. The third-order valence-electron chi connectivity index (χ3n) is 7.15. The summed E-state index contributed by atoms with van der Waals surface area (Å²) in [6.45, 7) is 18.3. The van der Waals surface area contributed by atoms with E-state index < -0.39 is 44.4 Å². The highest BCUT2D eigenvalue weighted by atomic mass is 32.2. The number of hydrogen-bond acceptors (Lipinski definition) is 8. The number of Topliss-reactive ketones (excluding diaryl/α,β-unsaturated/α-hetero) is 2. The van der Waals surface area contributed by atoms with Gasteiger partial charge in [0.2, 0.25) is 0 Å². The summed E-state index contributed by atoms with van der Waals surface area (Å²) in [6, 6.07) is 15.5. The average molecular weight is 620 g/mol. The van der Waals surface area contributed by atoms with Crippen molar-refractivity contribution in [2.24, 2.45) is 10.8 Å². The minimum Gasteiger partial charge on any atom is -0.387 e. The molecule has 2 aromatic rings. The lowest BCUT2D eigenvalue weighted by molar-refractivity contribution is -0.182. The second-order valence-electron chi connectivity index (χ2n) is 13.4. The number of anilines is 1. The van der Waals surface area contributed by atoms with Gasteiger partial charge in [-0.2, -0.15) is 8.42 Å². The van der Waals surface area contributed by atoms with E-state index in [2.05, 4.69) is 5.32 Å². The van der Waals surface area contributed by atoms with Gasteiger partial charge in [0.05, 0.1) is 22.3 Å². The molecule has 0 spiro atoms. The predicted molar refractivity (Wildman–Crippen MR) is 169 cm³/mol. The molecule has 2 aromatic carbocycles. The molecule has 10 heteroatoms. The van der Waals surface area contributed by atoms with Crippen LogP contribution in [0.25, 0.3) is 0 Å². The molecule has 0 aliphatic heterocycles. The van der Waals surface area contributed by atoms with Gasteiger partial charge in [0.25, 0.3) is 10.1 Å². The van der Waals surface area contributed by atoms with Gasteiger partial charge in [0, 0.05) is 18.9 Å². The Morgan fingerprint density at radius 2 is 1.35 bits per heavy atom. The van der Waals surface area contributed by atoms with Crippen LogP contribution in [0.3, 0.4) is 0 Å². The summed E-state index contributed by atoms with van der Waals surface area (Å²) < 4.78 is 42.6. The van der Waals surface area contributed by atoms with Gasteiger partial charge in [0.15, 0.2) is 11.6 Å². The fourth-order valence-electron chi connectivity index (χ4n) is 4.06. The normalized spacial score (nSPS) is 14.1. The number of benzene rings is 2. The number of aldehydes is 1. The molecule has 2 atom stereocenters. The third kappa shape index (κ3) is 10.9. The lowest BCUT2D eigenvalue weighted by atomic mass is 9.71. The molecule has 240 valence electrons. The number of carbonyl (C=O) groups excluding carboxylic acids is 3. The molecule has 0 radical (unpaired) electrons. The maximum atomic E-state index is 13.8. The van der Waals surface area contributed by atoms with E-state index in [1.165, 1.54) is 6.07 Å². The number of rotatable bonds is 12. The minimum atomic E-state index is -4.11. The number of carbonyl (C=O) groups is 3. The van der Waals surface area contributed by atoms with Crippen LogP contribution < -0.4 is 5.32 Å². The van der Waals surface area contributed by atoms with Crippen LogP contribution >= 0.6 is 0 Å². The topological polar surface area (TPSA) is 136 Å². The summed E-state index contributed by atoms with van der Waals surface area (Å²) in [7, 11) is -2.52. The van der Waals surface area contributed by atoms with Crippen molar-refractivity contribution in [3.8, 4) is 0 Å². The Hall–Kier alpha value is -2.92. The molecule has 2 rings (SSSR count). The van der Waals surface area contributed by atoms with E-state index in [9.17, 15) is 22.8 Å². The van der Waals surface area contributed by atoms with Crippen molar-refractivity contribution >= 4 is 33.7 Å². The van der Waals surface area contributed by atoms with Crippen LogP contribution in [0.15, 0.2) is 59.5 Å². The Morgan fingerprint density at radius 1 is 0.837 bits per heavy atom. The van der Waals surface area contributed by atoms with E-state index in [-0.39, 0.29) is 22.9 Å². The molecule has 0 heterocycles. The van der Waals surface area contributed by atoms with Crippen molar-refractivity contribution in [2.75, 3.05) is 12.4 Å². The Bertz CT molecular complexity index is 1340. The summed E-state index contributed by atoms with van der Waals surface area (Å²) in [6.07, 6.45) is -1.07. The molecule has 0 bridgehead atoms. The lowest BCUT2D eigenvalue weighted by Gasteiger charge is -2.44. The second kappa shape index (κ2) is 14.7. The van der Waals surface area contributed by atoms with Gasteiger partial charge in [-0.25, -0.2) is 0 Å². The number of ketones is 2. The fourth-order valence-corrected chi connectivity index (χ4v) is 4.76. The quantitative estimate of drug-likeness (QED) is 0.202. The summed E-state index contributed by atoms with van der Waals surface area (Å²) in [5.74, 6) is -0.312. The van der Waals surface area contributed by atoms with E-state index in [1.807, 2.05) is 51.1 Å². The van der Waals surface area contributed by atoms with Crippen molar-refractivity contribution in [1.29, 1.82) is 0 Å². The number of nitrogens with one attached hydrogen (secondary N) is 1. The van der Waals surface area contributed by atoms with Crippen LogP contribution in [-0.2, 0) is 34.0 Å². The number of hydrogen-bond donors (Lipinski definition) is 2. The van der Waals surface area contributed by atoms with Crippen LogP contribution in [0.5, 0.6) is 0 Å². The molecule has 9 nitrogen and oxygen atoms in total. The lowest BCUT2D eigenvalue weighted by Crippen LogP contribution is -2.53. The zero-order chi connectivity index (χ0) is 33.4. The molecule has 2 N–H and O–H groups in total. The molecule has 0 amide bonds. The average Bonchev–Trinajstić information content (AvgIpc) is 2.89. The third-order valence-corrected chi connectivity index (χ3v) is 8.06. The maximum absolute atomic E-state index is 13.8. The van der Waals surface area contributed by atoms with Crippen LogP contribution in [0.2, 0.25) is 0 Å². The molecule has 43 heavy (non-hydrogen) atoms. The van der Waals surface area contributed by atoms with Crippen molar-refractivity contribution in [3.63, 3.8) is 0 Å². The van der Waals surface area contributed by atoms with Gasteiger partial charge in [-0.1, -0.05) is 77.1 Å². The van der Waals surface area contributed by atoms with Crippen molar-refractivity contribution < 1.29 is 36.8 Å². The van der Waals surface area contributed by atoms with Gasteiger partial charge in [-0.05, 0) is 52.3 Å². The van der Waals surface area contributed by atoms with E-state index >= 15 is 0 Å². The van der Waals surface area contributed by atoms with Crippen molar-refractivity contribution in [1.82, 2.24) is 0 Å². The zero-order valence-corrected chi connectivity index (χ0v) is 28.2. The van der Waals surface area contributed by atoms with Crippen molar-refractivity contribution in [2.45, 2.75) is 104 Å². The molecule has 2 unspecified atom stereocenters. The predicted octanol–water partition coefficient (Wildman–Crippen LogP) is 6.48. The standard InChI is InChI=1S/C26H40O5.C7H9NO3S/c1-23(2,3)21(28)19(16-17-27)30-26(9,10)25(7,8)22(29)20(31-24(4,5)6)18-14-12-11-13-15-18;1-8-6-4-2-3-5-7(6)12(9,10)11/h11-15,17,19-20H,16H2,1-10H3;2-5,8H,1H3,(H,9,10,11). The van der Waals surface area contributed by atoms with Gasteiger partial charge in [-0.15, -0.1) is 0 Å².